The van der Waals surface area contributed by atoms with Crippen molar-refractivity contribution in [3.05, 3.63) is 49.8 Å². The largest absolute Gasteiger partial charge is 0.377 e. The summed E-state index contributed by atoms with van der Waals surface area (Å²) in [4.78, 5) is 34.7. The number of thiophene rings is 1. The molecule has 0 aromatic carbocycles. The van der Waals surface area contributed by atoms with E-state index in [0.29, 0.717) is 42.8 Å². The van der Waals surface area contributed by atoms with Gasteiger partial charge in [-0.1, -0.05) is 13.8 Å². The van der Waals surface area contributed by atoms with Crippen molar-refractivity contribution < 1.29 is 9.53 Å². The zero-order chi connectivity index (χ0) is 17.3. The van der Waals surface area contributed by atoms with Gasteiger partial charge in [0.25, 0.3) is 11.5 Å². The van der Waals surface area contributed by atoms with Crippen LogP contribution in [-0.4, -0.2) is 40.5 Å². The summed E-state index contributed by atoms with van der Waals surface area (Å²) in [5.41, 5.74) is 1.05. The minimum Gasteiger partial charge on any atom is -0.377 e. The highest BCUT2D eigenvalue weighted by Crippen LogP contribution is 2.28. The molecule has 1 saturated heterocycles. The number of carbonyl (C=O) groups excluding carboxylic acids is 1. The molecule has 1 N–H and O–H groups in total. The third-order valence-electron chi connectivity index (χ3n) is 4.05. The second-order valence-corrected chi connectivity index (χ2v) is 7.18. The molecule has 128 valence electrons. The minimum atomic E-state index is -0.338. The number of amides is 1. The fourth-order valence-electron chi connectivity index (χ4n) is 2.80. The predicted molar refractivity (Wildman–Crippen MR) is 92.6 cm³/mol. The number of rotatable bonds is 3. The van der Waals surface area contributed by atoms with Gasteiger partial charge in [0.2, 0.25) is 0 Å². The number of morpholine rings is 1. The van der Waals surface area contributed by atoms with E-state index in [1.807, 2.05) is 11.4 Å². The van der Waals surface area contributed by atoms with Gasteiger partial charge in [-0.25, -0.2) is 4.98 Å². The predicted octanol–water partition coefficient (Wildman–Crippen LogP) is 2.48. The van der Waals surface area contributed by atoms with Crippen molar-refractivity contribution >= 4 is 17.2 Å². The van der Waals surface area contributed by atoms with E-state index in [9.17, 15) is 9.59 Å². The van der Waals surface area contributed by atoms with Gasteiger partial charge in [-0.3, -0.25) is 9.59 Å². The van der Waals surface area contributed by atoms with Crippen LogP contribution in [0.3, 0.4) is 0 Å². The SMILES string of the molecule is Cc1nc([C@@H]2COCCN2C(=O)c2csc(C(C)C)c2)cc(=O)[nH]1. The lowest BCUT2D eigenvalue weighted by Gasteiger charge is -2.35. The van der Waals surface area contributed by atoms with Gasteiger partial charge in [0.15, 0.2) is 0 Å². The van der Waals surface area contributed by atoms with Crippen molar-refractivity contribution in [2.45, 2.75) is 32.7 Å². The van der Waals surface area contributed by atoms with Crippen LogP contribution in [0.15, 0.2) is 22.3 Å². The van der Waals surface area contributed by atoms with Crippen LogP contribution >= 0.6 is 11.3 Å². The molecular formula is C17H21N3O3S. The summed E-state index contributed by atoms with van der Waals surface area (Å²) in [6.07, 6.45) is 0. The number of H-pyrrole nitrogens is 1. The van der Waals surface area contributed by atoms with Crippen LogP contribution < -0.4 is 5.56 Å². The number of nitrogens with zero attached hydrogens (tertiary/aromatic N) is 2. The van der Waals surface area contributed by atoms with Crippen LogP contribution in [0.25, 0.3) is 0 Å². The molecule has 0 bridgehead atoms. The Morgan fingerprint density at radius 3 is 2.92 bits per heavy atom. The molecule has 1 aliphatic rings. The van der Waals surface area contributed by atoms with E-state index in [0.717, 1.165) is 0 Å². The highest BCUT2D eigenvalue weighted by molar-refractivity contribution is 7.10. The van der Waals surface area contributed by atoms with Crippen LogP contribution in [0.4, 0.5) is 0 Å². The van der Waals surface area contributed by atoms with Crippen LogP contribution in [0.1, 0.15) is 52.6 Å². The molecule has 1 aliphatic heterocycles. The summed E-state index contributed by atoms with van der Waals surface area (Å²) in [5, 5.41) is 1.90. The van der Waals surface area contributed by atoms with Crippen molar-refractivity contribution in [1.82, 2.24) is 14.9 Å². The smallest absolute Gasteiger partial charge is 0.255 e. The number of ether oxygens (including phenoxy) is 1. The van der Waals surface area contributed by atoms with Crippen LogP contribution in [-0.2, 0) is 4.74 Å². The standard InChI is InChI=1S/C17H21N3O3S/c1-10(2)15-6-12(9-24-15)17(22)20-4-5-23-8-14(20)13-7-16(21)19-11(3)18-13/h6-7,9-10,14H,4-5,8H2,1-3H3,(H,18,19,21)/t14-/m0/s1. The Balaban J connectivity index is 1.91. The molecule has 0 radical (unpaired) electrons. The van der Waals surface area contributed by atoms with Crippen molar-refractivity contribution in [3.63, 3.8) is 0 Å². The maximum atomic E-state index is 13.0. The number of aryl methyl sites for hydroxylation is 1. The maximum absolute atomic E-state index is 13.0. The number of hydrogen-bond acceptors (Lipinski definition) is 5. The second kappa shape index (κ2) is 6.86. The van der Waals surface area contributed by atoms with Crippen molar-refractivity contribution in [2.24, 2.45) is 0 Å². The Bertz CT molecular complexity index is 796. The molecule has 3 rings (SSSR count). The highest BCUT2D eigenvalue weighted by atomic mass is 32.1. The summed E-state index contributed by atoms with van der Waals surface area (Å²) >= 11 is 1.60. The minimum absolute atomic E-state index is 0.0359. The molecule has 24 heavy (non-hydrogen) atoms. The summed E-state index contributed by atoms with van der Waals surface area (Å²) in [6.45, 7) is 7.29. The summed E-state index contributed by atoms with van der Waals surface area (Å²) in [6, 6.07) is 3.06. The molecule has 1 amide bonds. The first-order valence-electron chi connectivity index (χ1n) is 8.00. The van der Waals surface area contributed by atoms with Gasteiger partial charge in [0.05, 0.1) is 30.5 Å². The van der Waals surface area contributed by atoms with Crippen molar-refractivity contribution in [3.8, 4) is 0 Å². The second-order valence-electron chi connectivity index (χ2n) is 6.24. The average molecular weight is 347 g/mol. The van der Waals surface area contributed by atoms with E-state index < -0.39 is 0 Å². The Hall–Kier alpha value is -1.99. The molecule has 3 heterocycles. The number of nitrogens with one attached hydrogen (secondary N) is 1. The Morgan fingerprint density at radius 2 is 2.25 bits per heavy atom. The molecular weight excluding hydrogens is 326 g/mol. The first-order chi connectivity index (χ1) is 11.5. The zero-order valence-electron chi connectivity index (χ0n) is 14.0. The van der Waals surface area contributed by atoms with Gasteiger partial charge in [-0.2, -0.15) is 0 Å². The first kappa shape index (κ1) is 16.9. The molecule has 0 aliphatic carbocycles. The van der Waals surface area contributed by atoms with Gasteiger partial charge in [0, 0.05) is 22.9 Å². The van der Waals surface area contributed by atoms with Crippen LogP contribution in [0.5, 0.6) is 0 Å². The van der Waals surface area contributed by atoms with E-state index in [1.165, 1.54) is 10.9 Å². The molecule has 0 unspecified atom stereocenters. The lowest BCUT2D eigenvalue weighted by atomic mass is 10.1. The van der Waals surface area contributed by atoms with Crippen LogP contribution in [0.2, 0.25) is 0 Å². The van der Waals surface area contributed by atoms with E-state index in [4.69, 9.17) is 4.74 Å². The van der Waals surface area contributed by atoms with E-state index >= 15 is 0 Å². The topological polar surface area (TPSA) is 75.3 Å². The molecule has 6 nitrogen and oxygen atoms in total. The third-order valence-corrected chi connectivity index (χ3v) is 5.28. The van der Waals surface area contributed by atoms with Crippen LogP contribution in [0, 0.1) is 6.92 Å². The zero-order valence-corrected chi connectivity index (χ0v) is 14.9. The Labute approximate surface area is 144 Å². The fourth-order valence-corrected chi connectivity index (χ4v) is 3.70. The van der Waals surface area contributed by atoms with Gasteiger partial charge in [-0.05, 0) is 18.9 Å². The summed E-state index contributed by atoms with van der Waals surface area (Å²) < 4.78 is 5.53. The van der Waals surface area contributed by atoms with E-state index in [2.05, 4.69) is 23.8 Å². The fraction of sp³-hybridized carbons (Fsp3) is 0.471. The van der Waals surface area contributed by atoms with Gasteiger partial charge >= 0.3 is 0 Å². The summed E-state index contributed by atoms with van der Waals surface area (Å²) in [5.74, 6) is 0.897. The molecule has 0 spiro atoms. The van der Waals surface area contributed by atoms with Gasteiger partial charge in [0.1, 0.15) is 5.82 Å². The lowest BCUT2D eigenvalue weighted by molar-refractivity contribution is -0.00398. The lowest BCUT2D eigenvalue weighted by Crippen LogP contribution is -2.44. The van der Waals surface area contributed by atoms with Gasteiger partial charge in [-0.15, -0.1) is 11.3 Å². The Morgan fingerprint density at radius 1 is 1.46 bits per heavy atom. The molecule has 1 fully saturated rings. The average Bonchev–Trinajstić information content (AvgIpc) is 3.03. The number of carbonyl (C=O) groups is 1. The maximum Gasteiger partial charge on any atom is 0.255 e. The van der Waals surface area contributed by atoms with E-state index in [1.54, 1.807) is 23.2 Å². The molecule has 0 saturated carbocycles. The number of aromatic nitrogens is 2. The molecule has 2 aromatic heterocycles. The first-order valence-corrected chi connectivity index (χ1v) is 8.88. The highest BCUT2D eigenvalue weighted by Gasteiger charge is 2.31. The molecule has 2 aromatic rings. The van der Waals surface area contributed by atoms with Crippen molar-refractivity contribution in [1.29, 1.82) is 0 Å². The normalized spacial score (nSPS) is 18.2. The van der Waals surface area contributed by atoms with E-state index in [-0.39, 0.29) is 17.5 Å². The summed E-state index contributed by atoms with van der Waals surface area (Å²) in [7, 11) is 0. The van der Waals surface area contributed by atoms with Crippen molar-refractivity contribution in [2.75, 3.05) is 19.8 Å². The molecule has 1 atom stereocenters. The third kappa shape index (κ3) is 3.42. The molecule has 7 heteroatoms. The number of aromatic amines is 1. The van der Waals surface area contributed by atoms with Gasteiger partial charge < -0.3 is 14.6 Å². The monoisotopic (exact) mass is 347 g/mol. The number of hydrogen-bond donors (Lipinski definition) is 1. The Kier molecular flexibility index (Phi) is 4.82. The quantitative estimate of drug-likeness (QED) is 0.925.